The second-order valence-electron chi connectivity index (χ2n) is 7.57. The molecule has 1 aromatic carbocycles. The number of nitrogens with zero attached hydrogens (tertiary/aromatic N) is 4. The van der Waals surface area contributed by atoms with E-state index in [1.165, 1.54) is 26.0 Å². The number of aryl methyl sites for hydroxylation is 2. The number of hydrogen-bond donors (Lipinski definition) is 2. The summed E-state index contributed by atoms with van der Waals surface area (Å²) in [7, 11) is 3.01. The molecule has 0 unspecified atom stereocenters. The summed E-state index contributed by atoms with van der Waals surface area (Å²) >= 11 is 7.98. The van der Waals surface area contributed by atoms with Crippen molar-refractivity contribution in [3.63, 3.8) is 0 Å². The number of amides is 1. The van der Waals surface area contributed by atoms with Crippen LogP contribution in [0.15, 0.2) is 52.7 Å². The molecule has 1 amide bonds. The molecule has 2 N–H and O–H groups in total. The normalized spacial score (nSPS) is 10.9. The number of fused-ring (bicyclic) bond motifs is 1. The zero-order chi connectivity index (χ0) is 25.8. The van der Waals surface area contributed by atoms with E-state index in [0.717, 1.165) is 5.56 Å². The molecule has 0 atom stereocenters. The first-order valence-corrected chi connectivity index (χ1v) is 12.3. The Morgan fingerprint density at radius 2 is 1.94 bits per heavy atom. The molecule has 3 heterocycles. The molecule has 4 rings (SSSR count). The van der Waals surface area contributed by atoms with Crippen LogP contribution in [0.1, 0.15) is 5.56 Å². The highest BCUT2D eigenvalue weighted by Gasteiger charge is 2.19. The van der Waals surface area contributed by atoms with Crippen LogP contribution in [0.4, 0.5) is 10.6 Å². The zero-order valence-electron chi connectivity index (χ0n) is 19.6. The average Bonchev–Trinajstić information content (AvgIpc) is 2.88. The van der Waals surface area contributed by atoms with Gasteiger partial charge in [0.15, 0.2) is 5.16 Å². The second-order valence-corrected chi connectivity index (χ2v) is 8.72. The summed E-state index contributed by atoms with van der Waals surface area (Å²) in [5, 5.41) is 12.5. The lowest BCUT2D eigenvalue weighted by molar-refractivity contribution is 0.209. The molecule has 3 aromatic heterocycles. The average molecular weight is 528 g/mol. The maximum atomic E-state index is 13.8. The number of benzene rings is 1. The van der Waals surface area contributed by atoms with Crippen LogP contribution >= 0.6 is 23.4 Å². The van der Waals surface area contributed by atoms with Crippen molar-refractivity contribution in [2.75, 3.05) is 25.8 Å². The number of carbonyl (C=O) groups is 1. The smallest absolute Gasteiger partial charge is 0.410 e. The number of ether oxygens (including phenoxy) is 2. The van der Waals surface area contributed by atoms with E-state index in [1.807, 2.05) is 6.26 Å². The maximum Gasteiger partial charge on any atom is 0.410 e. The highest BCUT2D eigenvalue weighted by atomic mass is 35.5. The number of anilines is 1. The first-order chi connectivity index (χ1) is 17.3. The van der Waals surface area contributed by atoms with Crippen LogP contribution < -0.4 is 20.3 Å². The molecule has 0 aliphatic heterocycles. The standard InChI is InChI=1S/C24H22ClN5O5S/c1-34-15-9-16(20(25)18(10-15)35-2)17-8-14-12-27-23(36-3)29-21(14)30(22(17)31)7-6-13-4-5-19(26-11-13)28-24(32)33/h4-5,8-12H,6-7H2,1-3H3,(H,26,28)(H,32,33). The van der Waals surface area contributed by atoms with Gasteiger partial charge in [-0.15, -0.1) is 0 Å². The van der Waals surface area contributed by atoms with E-state index in [-0.39, 0.29) is 16.4 Å². The molecule has 186 valence electrons. The molecule has 0 spiro atoms. The third-order valence-corrected chi connectivity index (χ3v) is 6.38. The summed E-state index contributed by atoms with van der Waals surface area (Å²) < 4.78 is 12.3. The number of thioether (sulfide) groups is 1. The number of methoxy groups -OCH3 is 2. The molecule has 0 aliphatic rings. The number of hydrogen-bond acceptors (Lipinski definition) is 8. The van der Waals surface area contributed by atoms with E-state index in [1.54, 1.807) is 47.3 Å². The fourth-order valence-corrected chi connectivity index (χ4v) is 4.30. The summed E-state index contributed by atoms with van der Waals surface area (Å²) in [6.07, 6.45) is 4.36. The maximum absolute atomic E-state index is 13.8. The van der Waals surface area contributed by atoms with Gasteiger partial charge < -0.3 is 14.6 Å². The lowest BCUT2D eigenvalue weighted by Gasteiger charge is -2.15. The first-order valence-electron chi connectivity index (χ1n) is 10.7. The van der Waals surface area contributed by atoms with Crippen LogP contribution in [-0.2, 0) is 13.0 Å². The number of pyridine rings is 2. The molecule has 36 heavy (non-hydrogen) atoms. The third kappa shape index (κ3) is 5.21. The van der Waals surface area contributed by atoms with E-state index in [9.17, 15) is 9.59 Å². The van der Waals surface area contributed by atoms with Gasteiger partial charge >= 0.3 is 6.09 Å². The van der Waals surface area contributed by atoms with Crippen LogP contribution in [-0.4, -0.2) is 51.2 Å². The minimum Gasteiger partial charge on any atom is -0.497 e. The summed E-state index contributed by atoms with van der Waals surface area (Å²) in [6.45, 7) is 0.292. The molecule has 0 saturated heterocycles. The number of aromatic nitrogens is 4. The molecule has 0 radical (unpaired) electrons. The van der Waals surface area contributed by atoms with Crippen LogP contribution in [0, 0.1) is 0 Å². The summed E-state index contributed by atoms with van der Waals surface area (Å²) in [4.78, 5) is 37.6. The molecule has 0 saturated carbocycles. The first kappa shape index (κ1) is 25.3. The third-order valence-electron chi connectivity index (χ3n) is 5.43. The Labute approximate surface area is 215 Å². The Balaban J connectivity index is 1.82. The van der Waals surface area contributed by atoms with Crippen LogP contribution in [0.3, 0.4) is 0 Å². The van der Waals surface area contributed by atoms with E-state index < -0.39 is 6.09 Å². The van der Waals surface area contributed by atoms with Gasteiger partial charge in [-0.3, -0.25) is 14.7 Å². The Morgan fingerprint density at radius 1 is 1.14 bits per heavy atom. The molecule has 0 fully saturated rings. The van der Waals surface area contributed by atoms with Gasteiger partial charge in [0, 0.05) is 41.5 Å². The van der Waals surface area contributed by atoms with Crippen molar-refractivity contribution in [1.29, 1.82) is 0 Å². The van der Waals surface area contributed by atoms with Crippen molar-refractivity contribution < 1.29 is 19.4 Å². The van der Waals surface area contributed by atoms with Crippen molar-refractivity contribution >= 4 is 46.3 Å². The fourth-order valence-electron chi connectivity index (χ4n) is 3.67. The van der Waals surface area contributed by atoms with Crippen molar-refractivity contribution in [1.82, 2.24) is 19.5 Å². The topological polar surface area (TPSA) is 128 Å². The van der Waals surface area contributed by atoms with Crippen LogP contribution in [0.5, 0.6) is 11.5 Å². The van der Waals surface area contributed by atoms with Crippen molar-refractivity contribution in [2.24, 2.45) is 0 Å². The SMILES string of the molecule is COc1cc(OC)c(Cl)c(-c2cc3cnc(SC)nc3n(CCc3ccc(NC(=O)O)nc3)c2=O)c1. The largest absolute Gasteiger partial charge is 0.497 e. The number of carboxylic acid groups (broad SMARTS) is 1. The molecule has 0 bridgehead atoms. The minimum absolute atomic E-state index is 0.217. The Bertz CT molecular complexity index is 1490. The van der Waals surface area contributed by atoms with Gasteiger partial charge in [-0.05, 0) is 36.4 Å². The van der Waals surface area contributed by atoms with Crippen molar-refractivity contribution in [2.45, 2.75) is 18.1 Å². The Kier molecular flexibility index (Phi) is 7.61. The van der Waals surface area contributed by atoms with Gasteiger partial charge in [-0.2, -0.15) is 0 Å². The van der Waals surface area contributed by atoms with E-state index in [2.05, 4.69) is 20.3 Å². The monoisotopic (exact) mass is 527 g/mol. The Hall–Kier alpha value is -3.83. The van der Waals surface area contributed by atoms with Gasteiger partial charge in [0.1, 0.15) is 23.0 Å². The van der Waals surface area contributed by atoms with Crippen molar-refractivity contribution in [3.8, 4) is 22.6 Å². The number of halogens is 1. The number of rotatable bonds is 8. The van der Waals surface area contributed by atoms with E-state index >= 15 is 0 Å². The molecule has 12 heteroatoms. The highest BCUT2D eigenvalue weighted by molar-refractivity contribution is 7.98. The van der Waals surface area contributed by atoms with E-state index in [4.69, 9.17) is 26.2 Å². The molecule has 0 aliphatic carbocycles. The summed E-state index contributed by atoms with van der Waals surface area (Å²) in [5.41, 5.74) is 1.84. The van der Waals surface area contributed by atoms with Crippen molar-refractivity contribution in [3.05, 3.63) is 63.7 Å². The second kappa shape index (κ2) is 10.8. The predicted molar refractivity (Wildman–Crippen MR) is 139 cm³/mol. The zero-order valence-corrected chi connectivity index (χ0v) is 21.2. The summed E-state index contributed by atoms with van der Waals surface area (Å²) in [6, 6.07) is 8.37. The van der Waals surface area contributed by atoms with E-state index in [0.29, 0.717) is 51.8 Å². The van der Waals surface area contributed by atoms with Gasteiger partial charge in [-0.1, -0.05) is 29.4 Å². The molecular weight excluding hydrogens is 506 g/mol. The Morgan fingerprint density at radius 3 is 2.58 bits per heavy atom. The number of nitrogens with one attached hydrogen (secondary N) is 1. The molecular formula is C24H22ClN5O5S. The van der Waals surface area contributed by atoms with Crippen LogP contribution in [0.25, 0.3) is 22.2 Å². The fraction of sp³-hybridized carbons (Fsp3) is 0.208. The highest BCUT2D eigenvalue weighted by Crippen LogP contribution is 2.38. The lowest BCUT2D eigenvalue weighted by atomic mass is 10.0. The quantitative estimate of drug-likeness (QED) is 0.250. The minimum atomic E-state index is -1.19. The predicted octanol–water partition coefficient (Wildman–Crippen LogP) is 4.58. The molecule has 10 nitrogen and oxygen atoms in total. The van der Waals surface area contributed by atoms with Gasteiger partial charge in [0.05, 0.1) is 19.2 Å². The molecule has 4 aromatic rings. The van der Waals surface area contributed by atoms with Gasteiger partial charge in [-0.25, -0.2) is 19.7 Å². The van der Waals surface area contributed by atoms with Gasteiger partial charge in [0.2, 0.25) is 0 Å². The van der Waals surface area contributed by atoms with Gasteiger partial charge in [0.25, 0.3) is 5.56 Å². The van der Waals surface area contributed by atoms with Crippen LogP contribution in [0.2, 0.25) is 5.02 Å². The summed E-state index contributed by atoms with van der Waals surface area (Å²) in [5.74, 6) is 1.09. The lowest BCUT2D eigenvalue weighted by Crippen LogP contribution is -2.24.